The van der Waals surface area contributed by atoms with E-state index in [2.05, 4.69) is 10.6 Å². The number of esters is 1. The average molecular weight is 305 g/mol. The number of carbonyl (C=O) groups excluding carboxylic acids is 3. The Balaban J connectivity index is 2.06. The molecule has 0 aliphatic carbocycles. The maximum Gasteiger partial charge on any atom is 0.322 e. The summed E-state index contributed by atoms with van der Waals surface area (Å²) < 4.78 is 4.86. The molecule has 2 N–H and O–H groups in total. The lowest BCUT2D eigenvalue weighted by molar-refractivity contribution is -0.147. The van der Waals surface area contributed by atoms with Crippen LogP contribution >= 0.6 is 0 Å². The lowest BCUT2D eigenvalue weighted by atomic mass is 10.1. The molecule has 1 aromatic rings. The maximum atomic E-state index is 12.3. The van der Waals surface area contributed by atoms with Crippen LogP contribution in [0.3, 0.4) is 0 Å². The van der Waals surface area contributed by atoms with E-state index in [-0.39, 0.29) is 18.9 Å². The monoisotopic (exact) mass is 305 g/mol. The van der Waals surface area contributed by atoms with Gasteiger partial charge in [-0.15, -0.1) is 0 Å². The SMILES string of the molecule is CCOC(=O)C[C@H]1C(=O)NCCN1C(=O)Nc1ccccc1. The van der Waals surface area contributed by atoms with Crippen LogP contribution in [0.4, 0.5) is 10.5 Å². The standard InChI is InChI=1S/C15H19N3O4/c1-2-22-13(19)10-12-14(20)16-8-9-18(12)15(21)17-11-6-4-3-5-7-11/h3-7,12H,2,8-10H2,1H3,(H,16,20)(H,17,21)/t12-/m0/s1. The molecule has 2 rings (SSSR count). The van der Waals surface area contributed by atoms with Gasteiger partial charge in [0.05, 0.1) is 13.0 Å². The van der Waals surface area contributed by atoms with Gasteiger partial charge in [0, 0.05) is 18.8 Å². The highest BCUT2D eigenvalue weighted by molar-refractivity contribution is 5.96. The molecule has 0 bridgehead atoms. The predicted molar refractivity (Wildman–Crippen MR) is 80.2 cm³/mol. The molecular weight excluding hydrogens is 286 g/mol. The third-order valence-corrected chi connectivity index (χ3v) is 3.28. The van der Waals surface area contributed by atoms with E-state index < -0.39 is 18.0 Å². The summed E-state index contributed by atoms with van der Waals surface area (Å²) in [4.78, 5) is 37.3. The largest absolute Gasteiger partial charge is 0.466 e. The molecule has 1 aliphatic heterocycles. The fourth-order valence-electron chi connectivity index (χ4n) is 2.26. The molecule has 3 amide bonds. The Morgan fingerprint density at radius 2 is 2.09 bits per heavy atom. The summed E-state index contributed by atoms with van der Waals surface area (Å²) in [5.74, 6) is -0.843. The lowest BCUT2D eigenvalue weighted by Gasteiger charge is -2.34. The van der Waals surface area contributed by atoms with Crippen molar-refractivity contribution in [2.45, 2.75) is 19.4 Å². The molecule has 7 heteroatoms. The normalized spacial score (nSPS) is 17.6. The Labute approximate surface area is 128 Å². The Morgan fingerprint density at radius 1 is 1.36 bits per heavy atom. The van der Waals surface area contributed by atoms with Gasteiger partial charge in [0.2, 0.25) is 5.91 Å². The molecule has 0 radical (unpaired) electrons. The van der Waals surface area contributed by atoms with Crippen molar-refractivity contribution in [2.75, 3.05) is 25.0 Å². The molecule has 1 aliphatic rings. The maximum absolute atomic E-state index is 12.3. The smallest absolute Gasteiger partial charge is 0.322 e. The van der Waals surface area contributed by atoms with E-state index >= 15 is 0 Å². The summed E-state index contributed by atoms with van der Waals surface area (Å²) in [6, 6.07) is 7.69. The van der Waals surface area contributed by atoms with Crippen molar-refractivity contribution < 1.29 is 19.1 Å². The molecular formula is C15H19N3O4. The van der Waals surface area contributed by atoms with E-state index in [0.29, 0.717) is 18.8 Å². The zero-order chi connectivity index (χ0) is 15.9. The van der Waals surface area contributed by atoms with Gasteiger partial charge in [-0.05, 0) is 19.1 Å². The second kappa shape index (κ2) is 7.44. The van der Waals surface area contributed by atoms with Crippen molar-refractivity contribution in [2.24, 2.45) is 0 Å². The number of carbonyl (C=O) groups is 3. The molecule has 1 atom stereocenters. The van der Waals surface area contributed by atoms with Gasteiger partial charge in [-0.1, -0.05) is 18.2 Å². The summed E-state index contributed by atoms with van der Waals surface area (Å²) in [7, 11) is 0. The number of amides is 3. The average Bonchev–Trinajstić information content (AvgIpc) is 2.50. The van der Waals surface area contributed by atoms with E-state index in [0.717, 1.165) is 0 Å². The molecule has 118 valence electrons. The van der Waals surface area contributed by atoms with Crippen molar-refractivity contribution in [3.63, 3.8) is 0 Å². The molecule has 22 heavy (non-hydrogen) atoms. The highest BCUT2D eigenvalue weighted by Crippen LogP contribution is 2.13. The predicted octanol–water partition coefficient (Wildman–Crippen LogP) is 0.972. The molecule has 7 nitrogen and oxygen atoms in total. The second-order valence-electron chi connectivity index (χ2n) is 4.81. The van der Waals surface area contributed by atoms with Gasteiger partial charge in [0.15, 0.2) is 0 Å². The minimum absolute atomic E-state index is 0.151. The first kappa shape index (κ1) is 15.8. The van der Waals surface area contributed by atoms with Crippen LogP contribution in [0.15, 0.2) is 30.3 Å². The van der Waals surface area contributed by atoms with Crippen molar-refractivity contribution in [1.29, 1.82) is 0 Å². The summed E-state index contributed by atoms with van der Waals surface area (Å²) in [6.07, 6.45) is -0.151. The zero-order valence-corrected chi connectivity index (χ0v) is 12.4. The van der Waals surface area contributed by atoms with Crippen LogP contribution in [-0.2, 0) is 14.3 Å². The van der Waals surface area contributed by atoms with Crippen molar-refractivity contribution in [1.82, 2.24) is 10.2 Å². The van der Waals surface area contributed by atoms with Gasteiger partial charge in [-0.25, -0.2) is 4.79 Å². The van der Waals surface area contributed by atoms with Crippen LogP contribution in [0.5, 0.6) is 0 Å². The van der Waals surface area contributed by atoms with Crippen LogP contribution in [0, 0.1) is 0 Å². The minimum atomic E-state index is -0.850. The summed E-state index contributed by atoms with van der Waals surface area (Å²) in [5.41, 5.74) is 0.633. The molecule has 1 fully saturated rings. The fraction of sp³-hybridized carbons (Fsp3) is 0.400. The van der Waals surface area contributed by atoms with E-state index in [4.69, 9.17) is 4.74 Å². The first-order valence-electron chi connectivity index (χ1n) is 7.18. The molecule has 0 spiro atoms. The van der Waals surface area contributed by atoms with E-state index in [1.165, 1.54) is 4.90 Å². The Bertz CT molecular complexity index is 547. The number of piperazine rings is 1. The van der Waals surface area contributed by atoms with Gasteiger partial charge < -0.3 is 20.3 Å². The number of hydrogen-bond donors (Lipinski definition) is 2. The van der Waals surface area contributed by atoms with Crippen LogP contribution < -0.4 is 10.6 Å². The van der Waals surface area contributed by atoms with Crippen LogP contribution in [0.1, 0.15) is 13.3 Å². The lowest BCUT2D eigenvalue weighted by Crippen LogP contribution is -2.58. The Morgan fingerprint density at radius 3 is 2.77 bits per heavy atom. The summed E-state index contributed by atoms with van der Waals surface area (Å²) in [5, 5.41) is 5.38. The number of nitrogens with one attached hydrogen (secondary N) is 2. The molecule has 0 aromatic heterocycles. The summed E-state index contributed by atoms with van der Waals surface area (Å²) >= 11 is 0. The van der Waals surface area contributed by atoms with E-state index in [9.17, 15) is 14.4 Å². The fourth-order valence-corrected chi connectivity index (χ4v) is 2.26. The number of urea groups is 1. The summed E-state index contributed by atoms with van der Waals surface area (Å²) in [6.45, 7) is 2.64. The minimum Gasteiger partial charge on any atom is -0.466 e. The van der Waals surface area contributed by atoms with Gasteiger partial charge >= 0.3 is 12.0 Å². The molecule has 0 saturated carbocycles. The van der Waals surface area contributed by atoms with Crippen molar-refractivity contribution in [3.05, 3.63) is 30.3 Å². The topological polar surface area (TPSA) is 87.7 Å². The first-order valence-corrected chi connectivity index (χ1v) is 7.18. The number of ether oxygens (including phenoxy) is 1. The molecule has 1 heterocycles. The Hall–Kier alpha value is -2.57. The number of nitrogens with zero attached hydrogens (tertiary/aromatic N) is 1. The van der Waals surface area contributed by atoms with E-state index in [1.807, 2.05) is 6.07 Å². The van der Waals surface area contributed by atoms with Gasteiger partial charge in [-0.3, -0.25) is 9.59 Å². The van der Waals surface area contributed by atoms with Gasteiger partial charge in [0.1, 0.15) is 6.04 Å². The number of benzene rings is 1. The zero-order valence-electron chi connectivity index (χ0n) is 12.4. The molecule has 0 unspecified atom stereocenters. The third-order valence-electron chi connectivity index (χ3n) is 3.28. The molecule has 1 saturated heterocycles. The van der Waals surface area contributed by atoms with E-state index in [1.54, 1.807) is 31.2 Å². The third kappa shape index (κ3) is 3.97. The van der Waals surface area contributed by atoms with Crippen molar-refractivity contribution >= 4 is 23.6 Å². The van der Waals surface area contributed by atoms with Gasteiger partial charge in [-0.2, -0.15) is 0 Å². The van der Waals surface area contributed by atoms with Crippen LogP contribution in [0.2, 0.25) is 0 Å². The van der Waals surface area contributed by atoms with Gasteiger partial charge in [0.25, 0.3) is 0 Å². The van der Waals surface area contributed by atoms with Crippen molar-refractivity contribution in [3.8, 4) is 0 Å². The quantitative estimate of drug-likeness (QED) is 0.812. The number of anilines is 1. The highest BCUT2D eigenvalue weighted by atomic mass is 16.5. The van der Waals surface area contributed by atoms with Crippen LogP contribution in [-0.4, -0.2) is 48.5 Å². The number of para-hydroxylation sites is 1. The first-order chi connectivity index (χ1) is 10.6. The number of hydrogen-bond acceptors (Lipinski definition) is 4. The molecule has 1 aromatic carbocycles. The van der Waals surface area contributed by atoms with Crippen LogP contribution in [0.25, 0.3) is 0 Å². The highest BCUT2D eigenvalue weighted by Gasteiger charge is 2.35. The number of rotatable bonds is 4. The Kier molecular flexibility index (Phi) is 5.35. The second-order valence-corrected chi connectivity index (χ2v) is 4.81.